The lowest BCUT2D eigenvalue weighted by atomic mass is 9.72. The Labute approximate surface area is 288 Å². The first-order valence-corrected chi connectivity index (χ1v) is 16.8. The Morgan fingerprint density at radius 2 is 1.96 bits per heavy atom. The van der Waals surface area contributed by atoms with Crippen molar-refractivity contribution in [3.63, 3.8) is 0 Å². The fraction of sp³-hybridized carbons (Fsp3) is 0.314. The summed E-state index contributed by atoms with van der Waals surface area (Å²) < 4.78 is 27.7. The summed E-state index contributed by atoms with van der Waals surface area (Å²) in [6.07, 6.45) is 2.29. The van der Waals surface area contributed by atoms with E-state index in [2.05, 4.69) is 32.9 Å². The van der Waals surface area contributed by atoms with Crippen LogP contribution in [-0.2, 0) is 6.54 Å². The van der Waals surface area contributed by atoms with Gasteiger partial charge in [0.25, 0.3) is 12.0 Å². The van der Waals surface area contributed by atoms with Gasteiger partial charge in [-0.05, 0) is 49.4 Å². The van der Waals surface area contributed by atoms with Crippen LogP contribution in [0.15, 0.2) is 46.8 Å². The number of piperidine rings is 1. The lowest BCUT2D eigenvalue weighted by Gasteiger charge is -2.54. The second-order valence-electron chi connectivity index (χ2n) is 12.4. The summed E-state index contributed by atoms with van der Waals surface area (Å²) in [6.45, 7) is 3.96. The standard InChI is InChI=1S/C35H28ClF2N7O3S/c1-20-42-27-15-41-32(44-11-7-35(8-12-44)18-43(19-35)16-28(37)38)25(14-39)29(27)33(46)45(20)10-2-3-21-4-5-22(36)13-24(21)23-6-9-40-30-26(34(47)48)17-49-31(23)30/h4-6,9,13,15,17,28H,7-8,10-12,16,18-19H2,1H3,(H,47,48). The van der Waals surface area contributed by atoms with E-state index in [9.17, 15) is 28.7 Å². The quantitative estimate of drug-likeness (QED) is 0.218. The predicted octanol–water partition coefficient (Wildman–Crippen LogP) is 5.82. The second kappa shape index (κ2) is 12.8. The van der Waals surface area contributed by atoms with Gasteiger partial charge in [-0.15, -0.1) is 11.3 Å². The minimum Gasteiger partial charge on any atom is -0.478 e. The van der Waals surface area contributed by atoms with Gasteiger partial charge in [-0.1, -0.05) is 23.4 Å². The minimum absolute atomic E-state index is 0.00234. The molecule has 1 aromatic carbocycles. The summed E-state index contributed by atoms with van der Waals surface area (Å²) >= 11 is 7.65. The molecule has 2 aliphatic rings. The highest BCUT2D eigenvalue weighted by atomic mass is 35.5. The third-order valence-corrected chi connectivity index (χ3v) is 10.6. The molecule has 4 aromatic heterocycles. The lowest BCUT2D eigenvalue weighted by Crippen LogP contribution is -2.61. The molecule has 1 N–H and O–H groups in total. The van der Waals surface area contributed by atoms with Crippen LogP contribution < -0.4 is 10.5 Å². The second-order valence-corrected chi connectivity index (χ2v) is 13.7. The molecule has 2 fully saturated rings. The Hall–Kier alpha value is -4.95. The summed E-state index contributed by atoms with van der Waals surface area (Å²) in [6, 6.07) is 9.22. The van der Waals surface area contributed by atoms with Crippen LogP contribution in [0, 0.1) is 35.5 Å². The van der Waals surface area contributed by atoms with Crippen molar-refractivity contribution in [3.8, 4) is 29.0 Å². The van der Waals surface area contributed by atoms with Gasteiger partial charge in [0.05, 0.1) is 46.0 Å². The fourth-order valence-electron chi connectivity index (χ4n) is 6.94. The molecule has 0 saturated carbocycles. The van der Waals surface area contributed by atoms with E-state index < -0.39 is 18.0 Å². The highest BCUT2D eigenvalue weighted by molar-refractivity contribution is 7.18. The van der Waals surface area contributed by atoms with E-state index in [1.54, 1.807) is 47.7 Å². The number of halogens is 3. The minimum atomic E-state index is -2.35. The molecule has 0 atom stereocenters. The normalized spacial score (nSPS) is 15.7. The molecule has 1 spiro atoms. The average Bonchev–Trinajstić information content (AvgIpc) is 3.51. The Morgan fingerprint density at radius 1 is 1.18 bits per heavy atom. The number of rotatable bonds is 6. The zero-order valence-electron chi connectivity index (χ0n) is 26.2. The molecule has 2 aliphatic heterocycles. The molecule has 0 radical (unpaired) electrons. The van der Waals surface area contributed by atoms with E-state index in [1.807, 2.05) is 4.90 Å². The number of carboxylic acid groups (broad SMARTS) is 1. The largest absolute Gasteiger partial charge is 0.478 e. The van der Waals surface area contributed by atoms with Gasteiger partial charge < -0.3 is 10.0 Å². The number of fused-ring (bicyclic) bond motifs is 2. The smallest absolute Gasteiger partial charge is 0.338 e. The molecular weight excluding hydrogens is 672 g/mol. The number of aryl methyl sites for hydroxylation is 1. The van der Waals surface area contributed by atoms with Crippen LogP contribution in [0.25, 0.3) is 32.2 Å². The molecule has 248 valence electrons. The highest BCUT2D eigenvalue weighted by Gasteiger charge is 2.45. The van der Waals surface area contributed by atoms with Gasteiger partial charge in [-0.3, -0.25) is 19.2 Å². The van der Waals surface area contributed by atoms with Crippen molar-refractivity contribution in [1.82, 2.24) is 24.4 Å². The van der Waals surface area contributed by atoms with Gasteiger partial charge in [0, 0.05) is 59.5 Å². The van der Waals surface area contributed by atoms with E-state index in [1.165, 1.54) is 22.1 Å². The van der Waals surface area contributed by atoms with Crippen molar-refractivity contribution in [2.45, 2.75) is 32.7 Å². The van der Waals surface area contributed by atoms with Crippen molar-refractivity contribution in [2.75, 3.05) is 37.6 Å². The summed E-state index contributed by atoms with van der Waals surface area (Å²) in [4.78, 5) is 42.9. The average molecular weight is 700 g/mol. The number of aromatic carboxylic acids is 1. The number of likely N-dealkylation sites (tertiary alicyclic amines) is 1. The summed E-state index contributed by atoms with van der Waals surface area (Å²) in [5, 5.41) is 22.1. The van der Waals surface area contributed by atoms with Crippen LogP contribution in [-0.4, -0.2) is 74.6 Å². The molecule has 0 aliphatic carbocycles. The SMILES string of the molecule is Cc1nc2cnc(N3CCC4(CC3)CN(CC(F)F)C4)c(C#N)c2c(=O)n1CC#Cc1ccc(Cl)cc1-c1ccnc2c(C(=O)O)csc12. The van der Waals surface area contributed by atoms with E-state index in [4.69, 9.17) is 11.6 Å². The molecular formula is C35H28ClF2N7O3S. The number of alkyl halides is 2. The number of hydrogen-bond acceptors (Lipinski definition) is 9. The summed E-state index contributed by atoms with van der Waals surface area (Å²) in [7, 11) is 0. The molecule has 0 bridgehead atoms. The number of thiophene rings is 1. The van der Waals surface area contributed by atoms with Gasteiger partial charge in [0.15, 0.2) is 0 Å². The maximum Gasteiger partial charge on any atom is 0.338 e. The molecule has 6 heterocycles. The Balaban J connectivity index is 1.18. The first kappa shape index (κ1) is 32.6. The van der Waals surface area contributed by atoms with Crippen LogP contribution in [0.3, 0.4) is 0 Å². The Kier molecular flexibility index (Phi) is 8.53. The first-order valence-electron chi connectivity index (χ1n) is 15.5. The number of nitrogens with zero attached hydrogens (tertiary/aromatic N) is 7. The van der Waals surface area contributed by atoms with Crippen molar-refractivity contribution in [2.24, 2.45) is 5.41 Å². The number of pyridine rings is 2. The van der Waals surface area contributed by atoms with Gasteiger partial charge in [0.2, 0.25) is 0 Å². The Bertz CT molecular complexity index is 2310. The monoisotopic (exact) mass is 699 g/mol. The molecule has 7 rings (SSSR count). The molecule has 0 amide bonds. The zero-order chi connectivity index (χ0) is 34.4. The number of benzene rings is 1. The van der Waals surface area contributed by atoms with E-state index in [0.717, 1.165) is 18.4 Å². The van der Waals surface area contributed by atoms with Crippen molar-refractivity contribution in [3.05, 3.63) is 79.9 Å². The van der Waals surface area contributed by atoms with Gasteiger partial charge in [-0.2, -0.15) is 5.26 Å². The molecule has 49 heavy (non-hydrogen) atoms. The third-order valence-electron chi connectivity index (χ3n) is 9.34. The van der Waals surface area contributed by atoms with E-state index >= 15 is 0 Å². The van der Waals surface area contributed by atoms with Gasteiger partial charge >= 0.3 is 5.97 Å². The maximum atomic E-state index is 13.9. The topological polar surface area (TPSA) is 128 Å². The molecule has 2 saturated heterocycles. The number of nitriles is 1. The maximum absolute atomic E-state index is 13.9. The van der Waals surface area contributed by atoms with E-state index in [-0.39, 0.29) is 35.0 Å². The number of aromatic nitrogens is 4. The highest BCUT2D eigenvalue weighted by Crippen LogP contribution is 2.42. The van der Waals surface area contributed by atoms with Crippen LogP contribution >= 0.6 is 22.9 Å². The molecule has 10 nitrogen and oxygen atoms in total. The number of hydrogen-bond donors (Lipinski definition) is 1. The first-order chi connectivity index (χ1) is 23.6. The van der Waals surface area contributed by atoms with Crippen LogP contribution in [0.2, 0.25) is 5.02 Å². The summed E-state index contributed by atoms with van der Waals surface area (Å²) in [5.41, 5.74) is 2.62. The van der Waals surface area contributed by atoms with Crippen LogP contribution in [0.4, 0.5) is 14.6 Å². The van der Waals surface area contributed by atoms with Crippen molar-refractivity contribution < 1.29 is 18.7 Å². The Morgan fingerprint density at radius 3 is 2.67 bits per heavy atom. The van der Waals surface area contributed by atoms with Crippen molar-refractivity contribution >= 4 is 55.8 Å². The predicted molar refractivity (Wildman–Crippen MR) is 183 cm³/mol. The zero-order valence-corrected chi connectivity index (χ0v) is 27.8. The lowest BCUT2D eigenvalue weighted by molar-refractivity contribution is -0.0487. The number of carboxylic acids is 1. The van der Waals surface area contributed by atoms with Gasteiger partial charge in [-0.25, -0.2) is 23.5 Å². The fourth-order valence-corrected chi connectivity index (χ4v) is 8.14. The number of anilines is 1. The molecule has 0 unspecified atom stereocenters. The van der Waals surface area contributed by atoms with Crippen LogP contribution in [0.1, 0.15) is 40.2 Å². The molecule has 14 heteroatoms. The number of carbonyl (C=O) groups is 1. The summed E-state index contributed by atoms with van der Waals surface area (Å²) in [5.74, 6) is 6.00. The van der Waals surface area contributed by atoms with E-state index in [0.29, 0.717) is 69.7 Å². The van der Waals surface area contributed by atoms with Gasteiger partial charge in [0.1, 0.15) is 23.3 Å². The third kappa shape index (κ3) is 5.99. The molecule has 5 aromatic rings. The van der Waals surface area contributed by atoms with Crippen molar-refractivity contribution in [1.29, 1.82) is 5.26 Å². The van der Waals surface area contributed by atoms with Crippen LogP contribution in [0.5, 0.6) is 0 Å².